The fourth-order valence-corrected chi connectivity index (χ4v) is 2.08. The van der Waals surface area contributed by atoms with Gasteiger partial charge in [-0.1, -0.05) is 0 Å². The Morgan fingerprint density at radius 1 is 1.67 bits per heavy atom. The van der Waals surface area contributed by atoms with Crippen molar-refractivity contribution in [2.45, 2.75) is 13.3 Å². The van der Waals surface area contributed by atoms with Crippen LogP contribution >= 0.6 is 0 Å². The lowest BCUT2D eigenvalue weighted by atomic mass is 10.1. The summed E-state index contributed by atoms with van der Waals surface area (Å²) in [6.07, 6.45) is 1.58. The Morgan fingerprint density at radius 2 is 2.39 bits per heavy atom. The van der Waals surface area contributed by atoms with Gasteiger partial charge in [-0.2, -0.15) is 0 Å². The van der Waals surface area contributed by atoms with Crippen LogP contribution in [0.2, 0.25) is 0 Å². The summed E-state index contributed by atoms with van der Waals surface area (Å²) in [5.41, 5.74) is 6.10. The molecule has 1 aliphatic heterocycles. The van der Waals surface area contributed by atoms with E-state index in [0.717, 1.165) is 0 Å². The lowest BCUT2D eigenvalue weighted by Gasteiger charge is -2.17. The van der Waals surface area contributed by atoms with Crippen molar-refractivity contribution in [1.82, 2.24) is 4.98 Å². The summed E-state index contributed by atoms with van der Waals surface area (Å²) in [6, 6.07) is 1.42. The van der Waals surface area contributed by atoms with Gasteiger partial charge in [0.25, 0.3) is 5.69 Å². The average Bonchev–Trinajstić information content (AvgIpc) is 2.70. The zero-order chi connectivity index (χ0) is 13.3. The number of rotatable bonds is 3. The molecule has 0 aromatic carbocycles. The molecule has 2 heterocycles. The zero-order valence-electron chi connectivity index (χ0n) is 10.00. The fraction of sp³-hybridized carbons (Fsp3) is 0.455. The van der Waals surface area contributed by atoms with Crippen molar-refractivity contribution in [1.29, 1.82) is 0 Å². The van der Waals surface area contributed by atoms with E-state index in [1.54, 1.807) is 11.8 Å². The van der Waals surface area contributed by atoms with Crippen LogP contribution in [-0.2, 0) is 4.79 Å². The van der Waals surface area contributed by atoms with Crippen LogP contribution in [0, 0.1) is 23.0 Å². The minimum Gasteiger partial charge on any atom is -0.330 e. The van der Waals surface area contributed by atoms with E-state index in [1.807, 2.05) is 0 Å². The molecule has 2 rings (SSSR count). The SMILES string of the molecule is Cc1cc([N+](=O)[O-])cnc1N1CC(CN)CC1=O. The zero-order valence-corrected chi connectivity index (χ0v) is 10.00. The van der Waals surface area contributed by atoms with Crippen molar-refractivity contribution in [2.24, 2.45) is 11.7 Å². The molecule has 0 saturated carbocycles. The normalized spacial score (nSPS) is 19.3. The smallest absolute Gasteiger partial charge is 0.287 e. The number of hydrogen-bond donors (Lipinski definition) is 1. The lowest BCUT2D eigenvalue weighted by Crippen LogP contribution is -2.27. The summed E-state index contributed by atoms with van der Waals surface area (Å²) in [5, 5.41) is 10.6. The Morgan fingerprint density at radius 3 is 2.89 bits per heavy atom. The number of nitrogens with zero attached hydrogens (tertiary/aromatic N) is 3. The number of hydrogen-bond acceptors (Lipinski definition) is 5. The van der Waals surface area contributed by atoms with E-state index in [9.17, 15) is 14.9 Å². The van der Waals surface area contributed by atoms with Crippen LogP contribution in [0.1, 0.15) is 12.0 Å². The van der Waals surface area contributed by atoms with Crippen LogP contribution in [0.15, 0.2) is 12.3 Å². The summed E-state index contributed by atoms with van der Waals surface area (Å²) in [7, 11) is 0. The summed E-state index contributed by atoms with van der Waals surface area (Å²) in [4.78, 5) is 27.5. The van der Waals surface area contributed by atoms with E-state index in [2.05, 4.69) is 4.98 Å². The molecular formula is C11H14N4O3. The molecule has 18 heavy (non-hydrogen) atoms. The van der Waals surface area contributed by atoms with Gasteiger partial charge in [0.15, 0.2) is 0 Å². The van der Waals surface area contributed by atoms with Gasteiger partial charge in [0.1, 0.15) is 12.0 Å². The van der Waals surface area contributed by atoms with Crippen LogP contribution in [0.4, 0.5) is 11.5 Å². The highest BCUT2D eigenvalue weighted by atomic mass is 16.6. The maximum atomic E-state index is 11.8. The largest absolute Gasteiger partial charge is 0.330 e. The number of aromatic nitrogens is 1. The van der Waals surface area contributed by atoms with E-state index in [0.29, 0.717) is 30.9 Å². The molecule has 7 heteroatoms. The van der Waals surface area contributed by atoms with Crippen LogP contribution in [0.5, 0.6) is 0 Å². The molecule has 0 spiro atoms. The van der Waals surface area contributed by atoms with Crippen molar-refractivity contribution >= 4 is 17.4 Å². The van der Waals surface area contributed by atoms with E-state index in [4.69, 9.17) is 5.73 Å². The second kappa shape index (κ2) is 4.69. The van der Waals surface area contributed by atoms with Gasteiger partial charge in [-0.25, -0.2) is 4.98 Å². The minimum absolute atomic E-state index is 0.0325. The molecule has 2 N–H and O–H groups in total. The predicted molar refractivity (Wildman–Crippen MR) is 65.1 cm³/mol. The molecule has 1 fully saturated rings. The van der Waals surface area contributed by atoms with Crippen LogP contribution < -0.4 is 10.6 Å². The predicted octanol–water partition coefficient (Wildman–Crippen LogP) is 0.610. The number of pyridine rings is 1. The van der Waals surface area contributed by atoms with Gasteiger partial charge in [0, 0.05) is 19.0 Å². The number of nitrogens with two attached hydrogens (primary N) is 1. The third-order valence-electron chi connectivity index (χ3n) is 3.04. The van der Waals surface area contributed by atoms with Gasteiger partial charge in [-0.05, 0) is 24.9 Å². The van der Waals surface area contributed by atoms with Crippen LogP contribution in [0.25, 0.3) is 0 Å². The Balaban J connectivity index is 2.29. The van der Waals surface area contributed by atoms with Crippen LogP contribution in [0.3, 0.4) is 0 Å². The van der Waals surface area contributed by atoms with Crippen molar-refractivity contribution in [3.05, 3.63) is 27.9 Å². The highest BCUT2D eigenvalue weighted by Gasteiger charge is 2.31. The number of carbonyl (C=O) groups excluding carboxylic acids is 1. The first-order chi connectivity index (χ1) is 8.52. The summed E-state index contributed by atoms with van der Waals surface area (Å²) < 4.78 is 0. The van der Waals surface area contributed by atoms with Crippen molar-refractivity contribution in [3.8, 4) is 0 Å². The summed E-state index contributed by atoms with van der Waals surface area (Å²) in [6.45, 7) is 2.69. The first kappa shape index (κ1) is 12.4. The number of aryl methyl sites for hydroxylation is 1. The number of carbonyl (C=O) groups is 1. The number of anilines is 1. The van der Waals surface area contributed by atoms with E-state index >= 15 is 0 Å². The lowest BCUT2D eigenvalue weighted by molar-refractivity contribution is -0.385. The van der Waals surface area contributed by atoms with Gasteiger partial charge in [-0.15, -0.1) is 0 Å². The molecule has 7 nitrogen and oxygen atoms in total. The van der Waals surface area contributed by atoms with Crippen LogP contribution in [-0.4, -0.2) is 28.9 Å². The molecule has 0 aliphatic carbocycles. The van der Waals surface area contributed by atoms with E-state index < -0.39 is 4.92 Å². The molecule has 96 valence electrons. The maximum absolute atomic E-state index is 11.8. The summed E-state index contributed by atoms with van der Waals surface area (Å²) in [5.74, 6) is 0.588. The first-order valence-corrected chi connectivity index (χ1v) is 5.64. The molecule has 0 bridgehead atoms. The highest BCUT2D eigenvalue weighted by Crippen LogP contribution is 2.27. The van der Waals surface area contributed by atoms with Gasteiger partial charge < -0.3 is 5.73 Å². The number of nitro groups is 1. The standard InChI is InChI=1S/C11H14N4O3/c1-7-2-9(15(17)18)5-13-11(7)14-6-8(4-12)3-10(14)16/h2,5,8H,3-4,6,12H2,1H3. The third kappa shape index (κ3) is 2.17. The fourth-order valence-electron chi connectivity index (χ4n) is 2.08. The second-order valence-electron chi connectivity index (χ2n) is 4.40. The Labute approximate surface area is 104 Å². The molecule has 1 amide bonds. The molecule has 1 atom stereocenters. The van der Waals surface area contributed by atoms with Crippen molar-refractivity contribution in [2.75, 3.05) is 18.0 Å². The molecule has 1 aromatic heterocycles. The topological polar surface area (TPSA) is 102 Å². The number of amides is 1. The second-order valence-corrected chi connectivity index (χ2v) is 4.40. The van der Waals surface area contributed by atoms with Gasteiger partial charge in [-0.3, -0.25) is 19.8 Å². The van der Waals surface area contributed by atoms with E-state index in [-0.39, 0.29) is 17.5 Å². The van der Waals surface area contributed by atoms with Gasteiger partial charge in [0.2, 0.25) is 5.91 Å². The molecule has 1 saturated heterocycles. The summed E-state index contributed by atoms with van der Waals surface area (Å²) >= 11 is 0. The maximum Gasteiger partial charge on any atom is 0.287 e. The Hall–Kier alpha value is -2.02. The molecule has 1 aromatic rings. The Bertz CT molecular complexity index is 503. The molecular weight excluding hydrogens is 236 g/mol. The first-order valence-electron chi connectivity index (χ1n) is 5.64. The Kier molecular flexibility index (Phi) is 3.24. The molecule has 1 unspecified atom stereocenters. The third-order valence-corrected chi connectivity index (χ3v) is 3.04. The average molecular weight is 250 g/mol. The highest BCUT2D eigenvalue weighted by molar-refractivity contribution is 5.95. The van der Waals surface area contributed by atoms with Gasteiger partial charge in [0.05, 0.1) is 4.92 Å². The minimum atomic E-state index is -0.502. The molecule has 1 aliphatic rings. The van der Waals surface area contributed by atoms with Crippen molar-refractivity contribution in [3.63, 3.8) is 0 Å². The quantitative estimate of drug-likeness (QED) is 0.625. The van der Waals surface area contributed by atoms with E-state index in [1.165, 1.54) is 12.3 Å². The van der Waals surface area contributed by atoms with Crippen molar-refractivity contribution < 1.29 is 9.72 Å². The van der Waals surface area contributed by atoms with Gasteiger partial charge >= 0.3 is 0 Å². The molecule has 0 radical (unpaired) electrons. The monoisotopic (exact) mass is 250 g/mol.